The highest BCUT2D eigenvalue weighted by atomic mass is 32.2. The Morgan fingerprint density at radius 1 is 0.926 bits per heavy atom. The van der Waals surface area contributed by atoms with Crippen LogP contribution in [0.2, 0.25) is 0 Å². The zero-order valence-electron chi connectivity index (χ0n) is 15.7. The number of pyridine rings is 1. The van der Waals surface area contributed by atoms with E-state index in [9.17, 15) is 8.42 Å². The minimum absolute atomic E-state index is 0.292. The number of sulfonamides is 1. The van der Waals surface area contributed by atoms with Crippen molar-refractivity contribution in [3.05, 3.63) is 48.2 Å². The van der Waals surface area contributed by atoms with E-state index in [0.29, 0.717) is 18.0 Å². The van der Waals surface area contributed by atoms with Crippen LogP contribution in [0.25, 0.3) is 0 Å². The van der Waals surface area contributed by atoms with E-state index in [4.69, 9.17) is 0 Å². The summed E-state index contributed by atoms with van der Waals surface area (Å²) in [5.41, 5.74) is 2.49. The average molecular weight is 387 g/mol. The van der Waals surface area contributed by atoms with Gasteiger partial charge in [0.1, 0.15) is 10.7 Å². The highest BCUT2D eigenvalue weighted by molar-refractivity contribution is 7.89. The van der Waals surface area contributed by atoms with Gasteiger partial charge in [0.25, 0.3) is 0 Å². The van der Waals surface area contributed by atoms with E-state index in [1.54, 1.807) is 10.4 Å². The number of fused-ring (bicyclic) bond motifs is 1. The van der Waals surface area contributed by atoms with Crippen molar-refractivity contribution in [3.63, 3.8) is 0 Å². The zero-order chi connectivity index (χ0) is 18.9. The summed E-state index contributed by atoms with van der Waals surface area (Å²) < 4.78 is 27.2. The van der Waals surface area contributed by atoms with Gasteiger partial charge in [0.15, 0.2) is 0 Å². The molecule has 1 aromatic heterocycles. The molecule has 2 aromatic rings. The second-order valence-corrected chi connectivity index (χ2v) is 9.23. The second-order valence-electron chi connectivity index (χ2n) is 7.29. The Morgan fingerprint density at radius 3 is 2.44 bits per heavy atom. The number of likely N-dealkylation sites (N-methyl/N-ethyl adjacent to an activating group) is 1. The number of piperidine rings is 1. The fraction of sp³-hybridized carbons (Fsp3) is 0.450. The maximum absolute atomic E-state index is 12.8. The summed E-state index contributed by atoms with van der Waals surface area (Å²) in [6.45, 7) is 3.73. The first kappa shape index (κ1) is 18.3. The van der Waals surface area contributed by atoms with Crippen LogP contribution in [-0.2, 0) is 16.6 Å². The number of hydrogen-bond acceptors (Lipinski definition) is 5. The third kappa shape index (κ3) is 3.66. The summed E-state index contributed by atoms with van der Waals surface area (Å²) in [6, 6.07) is 11.9. The summed E-state index contributed by atoms with van der Waals surface area (Å²) in [5, 5.41) is 0. The Hall–Kier alpha value is -2.12. The van der Waals surface area contributed by atoms with Crippen LogP contribution in [0.1, 0.15) is 24.8 Å². The van der Waals surface area contributed by atoms with Crippen LogP contribution in [-0.4, -0.2) is 50.9 Å². The van der Waals surface area contributed by atoms with E-state index >= 15 is 0 Å². The Morgan fingerprint density at radius 2 is 1.70 bits per heavy atom. The minimum Gasteiger partial charge on any atom is -0.373 e. The van der Waals surface area contributed by atoms with Gasteiger partial charge in [-0.25, -0.2) is 13.4 Å². The Balaban J connectivity index is 1.56. The smallest absolute Gasteiger partial charge is 0.244 e. The third-order valence-electron chi connectivity index (χ3n) is 5.47. The van der Waals surface area contributed by atoms with E-state index in [1.807, 2.05) is 6.07 Å². The van der Waals surface area contributed by atoms with Gasteiger partial charge in [0.05, 0.1) is 0 Å². The summed E-state index contributed by atoms with van der Waals surface area (Å²) in [4.78, 5) is 9.26. The molecule has 0 spiro atoms. The average Bonchev–Trinajstić information content (AvgIpc) is 2.88. The molecule has 0 atom stereocenters. The summed E-state index contributed by atoms with van der Waals surface area (Å²) in [6.07, 6.45) is 4.49. The molecule has 0 unspecified atom stereocenters. The Bertz CT molecular complexity index is 892. The van der Waals surface area contributed by atoms with Crippen molar-refractivity contribution in [3.8, 4) is 0 Å². The van der Waals surface area contributed by atoms with Crippen LogP contribution >= 0.6 is 0 Å². The van der Waals surface area contributed by atoms with Crippen LogP contribution in [0, 0.1) is 0 Å². The number of benzene rings is 1. The van der Waals surface area contributed by atoms with Crippen molar-refractivity contribution in [2.24, 2.45) is 0 Å². The minimum atomic E-state index is -3.43. The third-order valence-corrected chi connectivity index (χ3v) is 7.35. The fourth-order valence-electron chi connectivity index (χ4n) is 3.85. The van der Waals surface area contributed by atoms with Crippen LogP contribution in [0.4, 0.5) is 11.5 Å². The van der Waals surface area contributed by atoms with Gasteiger partial charge in [-0.15, -0.1) is 0 Å². The molecule has 1 saturated heterocycles. The molecule has 1 aromatic carbocycles. The van der Waals surface area contributed by atoms with E-state index in [-0.39, 0.29) is 0 Å². The van der Waals surface area contributed by atoms with Crippen molar-refractivity contribution in [2.45, 2.75) is 30.7 Å². The predicted octanol–water partition coefficient (Wildman–Crippen LogP) is 2.71. The number of hydrogen-bond donors (Lipinski definition) is 0. The number of para-hydroxylation sites is 1. The molecular formula is C20H26N4O2S. The Labute approximate surface area is 161 Å². The molecule has 0 aliphatic carbocycles. The van der Waals surface area contributed by atoms with Gasteiger partial charge in [-0.3, -0.25) is 0 Å². The fourth-order valence-corrected chi connectivity index (χ4v) is 5.32. The van der Waals surface area contributed by atoms with Crippen LogP contribution in [0.5, 0.6) is 0 Å². The van der Waals surface area contributed by atoms with Crippen LogP contribution in [0.15, 0.2) is 47.5 Å². The highest BCUT2D eigenvalue weighted by Gasteiger charge is 2.26. The molecule has 144 valence electrons. The molecule has 1 fully saturated rings. The molecular weight excluding hydrogens is 360 g/mol. The first-order valence-electron chi connectivity index (χ1n) is 9.56. The van der Waals surface area contributed by atoms with Crippen molar-refractivity contribution in [1.29, 1.82) is 0 Å². The Kier molecular flexibility index (Phi) is 5.06. The van der Waals surface area contributed by atoms with Gasteiger partial charge < -0.3 is 9.80 Å². The molecule has 0 amide bonds. The molecule has 7 heteroatoms. The summed E-state index contributed by atoms with van der Waals surface area (Å²) in [5.74, 6) is 0.817. The lowest BCUT2D eigenvalue weighted by molar-refractivity contribution is 0.346. The summed E-state index contributed by atoms with van der Waals surface area (Å²) >= 11 is 0. The van der Waals surface area contributed by atoms with E-state index in [2.05, 4.69) is 46.1 Å². The van der Waals surface area contributed by atoms with Gasteiger partial charge in [-0.1, -0.05) is 24.6 Å². The first-order chi connectivity index (χ1) is 13.1. The quantitative estimate of drug-likeness (QED) is 0.812. The lowest BCUT2D eigenvalue weighted by atomic mass is 10.1. The first-order valence-corrected chi connectivity index (χ1v) is 11.0. The monoisotopic (exact) mass is 386 g/mol. The standard InChI is InChI=1S/C20H26N4O2S/c1-22-13-14-23(16-17-7-3-4-8-19(17)22)20-10-9-18(15-21-20)27(25,26)24-11-5-2-6-12-24/h3-4,7-10,15H,2,5-6,11-14,16H2,1H3. The normalized spacial score (nSPS) is 18.9. The van der Waals surface area contributed by atoms with Gasteiger partial charge in [-0.05, 0) is 36.6 Å². The van der Waals surface area contributed by atoms with E-state index < -0.39 is 10.0 Å². The lowest BCUT2D eigenvalue weighted by Gasteiger charge is -2.26. The predicted molar refractivity (Wildman–Crippen MR) is 108 cm³/mol. The van der Waals surface area contributed by atoms with Gasteiger partial charge >= 0.3 is 0 Å². The number of rotatable bonds is 3. The lowest BCUT2D eigenvalue weighted by Crippen LogP contribution is -2.35. The van der Waals surface area contributed by atoms with Gasteiger partial charge in [-0.2, -0.15) is 4.31 Å². The van der Waals surface area contributed by atoms with Crippen molar-refractivity contribution < 1.29 is 8.42 Å². The number of nitrogens with zero attached hydrogens (tertiary/aromatic N) is 4. The maximum Gasteiger partial charge on any atom is 0.244 e. The van der Waals surface area contributed by atoms with E-state index in [0.717, 1.165) is 44.7 Å². The SMILES string of the molecule is CN1CCN(c2ccc(S(=O)(=O)N3CCCCC3)cn2)Cc2ccccc21. The molecule has 0 radical (unpaired) electrons. The molecule has 27 heavy (non-hydrogen) atoms. The van der Waals surface area contributed by atoms with E-state index in [1.165, 1.54) is 17.4 Å². The molecule has 2 aliphatic rings. The highest BCUT2D eigenvalue weighted by Crippen LogP contribution is 2.27. The second kappa shape index (κ2) is 7.48. The number of anilines is 2. The van der Waals surface area contributed by atoms with Gasteiger partial charge in [0.2, 0.25) is 10.0 Å². The number of aromatic nitrogens is 1. The zero-order valence-corrected chi connectivity index (χ0v) is 16.5. The molecule has 2 aliphatic heterocycles. The van der Waals surface area contributed by atoms with Crippen LogP contribution in [0.3, 0.4) is 0 Å². The molecule has 3 heterocycles. The van der Waals surface area contributed by atoms with Gasteiger partial charge in [0, 0.05) is 51.7 Å². The molecule has 0 N–H and O–H groups in total. The van der Waals surface area contributed by atoms with Crippen LogP contribution < -0.4 is 9.80 Å². The molecule has 4 rings (SSSR count). The molecule has 0 bridgehead atoms. The van der Waals surface area contributed by atoms with Crippen molar-refractivity contribution in [1.82, 2.24) is 9.29 Å². The molecule has 6 nitrogen and oxygen atoms in total. The molecule has 0 saturated carbocycles. The summed E-state index contributed by atoms with van der Waals surface area (Å²) in [7, 11) is -1.33. The topological polar surface area (TPSA) is 56.8 Å². The largest absolute Gasteiger partial charge is 0.373 e. The van der Waals surface area contributed by atoms with Crippen molar-refractivity contribution >= 4 is 21.5 Å². The maximum atomic E-state index is 12.8. The van der Waals surface area contributed by atoms with Crippen molar-refractivity contribution in [2.75, 3.05) is 43.0 Å².